The lowest BCUT2D eigenvalue weighted by molar-refractivity contribution is 0.117. The molecule has 1 aromatic carbocycles. The van der Waals surface area contributed by atoms with Crippen molar-refractivity contribution in [1.82, 2.24) is 4.98 Å². The van der Waals surface area contributed by atoms with Gasteiger partial charge in [-0.05, 0) is 53.9 Å². The van der Waals surface area contributed by atoms with Gasteiger partial charge in [-0.25, -0.2) is 0 Å². The van der Waals surface area contributed by atoms with E-state index >= 15 is 0 Å². The summed E-state index contributed by atoms with van der Waals surface area (Å²) in [7, 11) is 0. The molecule has 0 aliphatic heterocycles. The third-order valence-corrected chi connectivity index (χ3v) is 5.45. The number of hydrogen-bond donors (Lipinski definition) is 1. The topological polar surface area (TPSA) is 33.1 Å². The van der Waals surface area contributed by atoms with E-state index in [0.29, 0.717) is 17.8 Å². The van der Waals surface area contributed by atoms with Crippen molar-refractivity contribution in [1.29, 1.82) is 0 Å². The van der Waals surface area contributed by atoms with Gasteiger partial charge in [0, 0.05) is 17.8 Å². The SMILES string of the molecule is CC(c1ccccn1)C(O)C1C2CCc3ccccc3C21. The molecule has 0 spiro atoms. The summed E-state index contributed by atoms with van der Waals surface area (Å²) in [5, 5.41) is 10.8. The maximum absolute atomic E-state index is 10.8. The summed E-state index contributed by atoms with van der Waals surface area (Å²) >= 11 is 0. The summed E-state index contributed by atoms with van der Waals surface area (Å²) in [5.41, 5.74) is 3.96. The number of aliphatic hydroxyl groups is 1. The third-order valence-electron chi connectivity index (χ3n) is 5.45. The van der Waals surface area contributed by atoms with Gasteiger partial charge in [0.25, 0.3) is 0 Å². The van der Waals surface area contributed by atoms with Crippen molar-refractivity contribution >= 4 is 0 Å². The number of aromatic nitrogens is 1. The molecule has 2 aliphatic rings. The molecule has 0 bridgehead atoms. The Kier molecular flexibility index (Phi) is 3.07. The van der Waals surface area contributed by atoms with Crippen LogP contribution in [-0.2, 0) is 6.42 Å². The molecular formula is C19H21NO. The van der Waals surface area contributed by atoms with Crippen LogP contribution in [-0.4, -0.2) is 16.2 Å². The fourth-order valence-electron chi connectivity index (χ4n) is 4.24. The van der Waals surface area contributed by atoms with E-state index in [1.54, 1.807) is 0 Å². The maximum atomic E-state index is 10.8. The zero-order chi connectivity index (χ0) is 14.4. The van der Waals surface area contributed by atoms with E-state index in [1.807, 2.05) is 24.4 Å². The number of nitrogens with zero attached hydrogens (tertiary/aromatic N) is 1. The second kappa shape index (κ2) is 4.96. The summed E-state index contributed by atoms with van der Waals surface area (Å²) in [5.74, 6) is 1.75. The monoisotopic (exact) mass is 279 g/mol. The summed E-state index contributed by atoms with van der Waals surface area (Å²) in [6.45, 7) is 2.10. The van der Waals surface area contributed by atoms with Crippen LogP contribution in [0.15, 0.2) is 48.7 Å². The molecule has 1 heterocycles. The lowest BCUT2D eigenvalue weighted by atomic mass is 9.91. The fraction of sp³-hybridized carbons (Fsp3) is 0.421. The molecule has 1 saturated carbocycles. The van der Waals surface area contributed by atoms with E-state index in [2.05, 4.69) is 36.2 Å². The average Bonchev–Trinajstić information content (AvgIpc) is 3.29. The number of rotatable bonds is 3. The Hall–Kier alpha value is -1.67. The molecule has 5 atom stereocenters. The zero-order valence-electron chi connectivity index (χ0n) is 12.3. The van der Waals surface area contributed by atoms with Crippen molar-refractivity contribution < 1.29 is 5.11 Å². The van der Waals surface area contributed by atoms with E-state index in [0.717, 1.165) is 5.69 Å². The largest absolute Gasteiger partial charge is 0.392 e. The van der Waals surface area contributed by atoms with Gasteiger partial charge in [-0.1, -0.05) is 37.3 Å². The normalized spacial score (nSPS) is 29.1. The standard InChI is InChI=1S/C19H21NO/c1-12(16-8-4-5-11-20-16)19(21)18-15-10-9-13-6-2-3-7-14(13)17(15)18/h2-8,11-12,15,17-19,21H,9-10H2,1H3. The van der Waals surface area contributed by atoms with E-state index < -0.39 is 0 Å². The van der Waals surface area contributed by atoms with Gasteiger partial charge in [0.2, 0.25) is 0 Å². The van der Waals surface area contributed by atoms with E-state index in [4.69, 9.17) is 0 Å². The fourth-order valence-corrected chi connectivity index (χ4v) is 4.24. The predicted octanol–water partition coefficient (Wildman–Crippen LogP) is 3.52. The van der Waals surface area contributed by atoms with E-state index in [9.17, 15) is 5.11 Å². The molecule has 1 fully saturated rings. The number of fused-ring (bicyclic) bond motifs is 3. The first kappa shape index (κ1) is 13.0. The van der Waals surface area contributed by atoms with Gasteiger partial charge in [0.05, 0.1) is 6.10 Å². The van der Waals surface area contributed by atoms with Crippen LogP contribution in [0.25, 0.3) is 0 Å². The quantitative estimate of drug-likeness (QED) is 0.932. The first-order valence-electron chi connectivity index (χ1n) is 7.94. The van der Waals surface area contributed by atoms with Crippen LogP contribution in [0.1, 0.15) is 42.0 Å². The molecule has 108 valence electrons. The molecule has 5 unspecified atom stereocenters. The van der Waals surface area contributed by atoms with Crippen LogP contribution in [0, 0.1) is 11.8 Å². The predicted molar refractivity (Wildman–Crippen MR) is 83.1 cm³/mol. The highest BCUT2D eigenvalue weighted by molar-refractivity contribution is 5.40. The van der Waals surface area contributed by atoms with Gasteiger partial charge in [-0.2, -0.15) is 0 Å². The Labute approximate surface area is 125 Å². The first-order valence-corrected chi connectivity index (χ1v) is 7.94. The van der Waals surface area contributed by atoms with E-state index in [1.165, 1.54) is 24.0 Å². The van der Waals surface area contributed by atoms with Crippen LogP contribution in [0.2, 0.25) is 0 Å². The highest BCUT2D eigenvalue weighted by atomic mass is 16.3. The Morgan fingerprint density at radius 3 is 2.76 bits per heavy atom. The van der Waals surface area contributed by atoms with Crippen molar-refractivity contribution in [2.45, 2.75) is 37.7 Å². The van der Waals surface area contributed by atoms with Crippen LogP contribution in [0.5, 0.6) is 0 Å². The molecule has 2 aromatic rings. The molecular weight excluding hydrogens is 258 g/mol. The lowest BCUT2D eigenvalue weighted by Crippen LogP contribution is -2.20. The van der Waals surface area contributed by atoms with Crippen LogP contribution < -0.4 is 0 Å². The van der Waals surface area contributed by atoms with Crippen molar-refractivity contribution in [3.8, 4) is 0 Å². The molecule has 21 heavy (non-hydrogen) atoms. The number of aryl methyl sites for hydroxylation is 1. The molecule has 0 saturated heterocycles. The average molecular weight is 279 g/mol. The first-order chi connectivity index (χ1) is 10.3. The third kappa shape index (κ3) is 2.09. The zero-order valence-corrected chi connectivity index (χ0v) is 12.3. The Balaban J connectivity index is 1.57. The van der Waals surface area contributed by atoms with Crippen LogP contribution in [0.4, 0.5) is 0 Å². The van der Waals surface area contributed by atoms with Gasteiger partial charge in [-0.3, -0.25) is 4.98 Å². The molecule has 4 rings (SSSR count). The number of pyridine rings is 1. The smallest absolute Gasteiger partial charge is 0.0658 e. The van der Waals surface area contributed by atoms with Crippen LogP contribution >= 0.6 is 0 Å². The minimum atomic E-state index is -0.291. The molecule has 0 amide bonds. The highest BCUT2D eigenvalue weighted by Gasteiger charge is 2.57. The summed E-state index contributed by atoms with van der Waals surface area (Å²) in [6.07, 6.45) is 3.91. The second-order valence-corrected chi connectivity index (χ2v) is 6.54. The maximum Gasteiger partial charge on any atom is 0.0658 e. The minimum Gasteiger partial charge on any atom is -0.392 e. The molecule has 1 aromatic heterocycles. The molecule has 1 N–H and O–H groups in total. The summed E-state index contributed by atoms with van der Waals surface area (Å²) in [4.78, 5) is 4.41. The lowest BCUT2D eigenvalue weighted by Gasteiger charge is -2.18. The van der Waals surface area contributed by atoms with Gasteiger partial charge in [0.15, 0.2) is 0 Å². The molecule has 0 radical (unpaired) electrons. The Bertz CT molecular complexity index is 639. The van der Waals surface area contributed by atoms with Crippen LogP contribution in [0.3, 0.4) is 0 Å². The van der Waals surface area contributed by atoms with Gasteiger partial charge >= 0.3 is 0 Å². The van der Waals surface area contributed by atoms with Gasteiger partial charge in [-0.15, -0.1) is 0 Å². The Morgan fingerprint density at radius 1 is 1.14 bits per heavy atom. The number of aliphatic hydroxyl groups excluding tert-OH is 1. The van der Waals surface area contributed by atoms with Crippen molar-refractivity contribution in [3.63, 3.8) is 0 Å². The second-order valence-electron chi connectivity index (χ2n) is 6.54. The molecule has 2 nitrogen and oxygen atoms in total. The van der Waals surface area contributed by atoms with Gasteiger partial charge in [0.1, 0.15) is 0 Å². The minimum absolute atomic E-state index is 0.106. The highest BCUT2D eigenvalue weighted by Crippen LogP contribution is 2.62. The van der Waals surface area contributed by atoms with Crippen molar-refractivity contribution in [2.75, 3.05) is 0 Å². The molecule has 2 heteroatoms. The number of benzene rings is 1. The number of hydrogen-bond acceptors (Lipinski definition) is 2. The Morgan fingerprint density at radius 2 is 1.95 bits per heavy atom. The van der Waals surface area contributed by atoms with Crippen molar-refractivity contribution in [2.24, 2.45) is 11.8 Å². The summed E-state index contributed by atoms with van der Waals surface area (Å²) < 4.78 is 0. The summed E-state index contributed by atoms with van der Waals surface area (Å²) in [6, 6.07) is 14.7. The van der Waals surface area contributed by atoms with Gasteiger partial charge < -0.3 is 5.11 Å². The van der Waals surface area contributed by atoms with E-state index in [-0.39, 0.29) is 12.0 Å². The van der Waals surface area contributed by atoms with Crippen molar-refractivity contribution in [3.05, 3.63) is 65.5 Å². The molecule has 2 aliphatic carbocycles.